The number of aryl methyl sites for hydroxylation is 2. The number of hydrogen-bond acceptors (Lipinski definition) is 4. The first-order valence-corrected chi connectivity index (χ1v) is 6.29. The highest BCUT2D eigenvalue weighted by Gasteiger charge is 2.03. The van der Waals surface area contributed by atoms with Crippen molar-refractivity contribution in [1.29, 1.82) is 0 Å². The summed E-state index contributed by atoms with van der Waals surface area (Å²) < 4.78 is 6.98. The van der Waals surface area contributed by atoms with Gasteiger partial charge in [-0.1, -0.05) is 12.1 Å². The second kappa shape index (κ2) is 6.10. The Bertz CT molecular complexity index is 590. The van der Waals surface area contributed by atoms with E-state index in [4.69, 9.17) is 10.5 Å². The van der Waals surface area contributed by atoms with Crippen LogP contribution < -0.4 is 15.8 Å². The highest BCUT2D eigenvalue weighted by molar-refractivity contribution is 5.75. The third-order valence-electron chi connectivity index (χ3n) is 2.80. The Morgan fingerprint density at radius 2 is 2.10 bits per heavy atom. The molecule has 2 rings (SSSR count). The van der Waals surface area contributed by atoms with E-state index in [1.807, 2.05) is 44.4 Å². The second-order valence-electron chi connectivity index (χ2n) is 4.55. The number of anilines is 1. The van der Waals surface area contributed by atoms with Gasteiger partial charge in [-0.15, -0.1) is 0 Å². The molecule has 6 nitrogen and oxygen atoms in total. The van der Waals surface area contributed by atoms with Crippen LogP contribution in [0.4, 0.5) is 5.69 Å². The lowest BCUT2D eigenvalue weighted by Gasteiger charge is -2.07. The quantitative estimate of drug-likeness (QED) is 0.829. The molecule has 0 saturated heterocycles. The summed E-state index contributed by atoms with van der Waals surface area (Å²) in [4.78, 5) is 10.6. The van der Waals surface area contributed by atoms with Crippen LogP contribution in [0.15, 0.2) is 30.5 Å². The lowest BCUT2D eigenvalue weighted by molar-refractivity contribution is -0.119. The average Bonchev–Trinajstić information content (AvgIpc) is 2.73. The smallest absolute Gasteiger partial charge is 0.255 e. The summed E-state index contributed by atoms with van der Waals surface area (Å²) >= 11 is 0. The summed E-state index contributed by atoms with van der Waals surface area (Å²) in [5.41, 5.74) is 8.11. The van der Waals surface area contributed by atoms with Gasteiger partial charge in [0.1, 0.15) is 5.75 Å². The van der Waals surface area contributed by atoms with E-state index in [2.05, 4.69) is 10.4 Å². The molecule has 1 aromatic carbocycles. The van der Waals surface area contributed by atoms with E-state index in [1.165, 1.54) is 0 Å². The topological polar surface area (TPSA) is 82.2 Å². The molecule has 0 aliphatic heterocycles. The van der Waals surface area contributed by atoms with Crippen LogP contribution in [-0.4, -0.2) is 22.3 Å². The predicted octanol–water partition coefficient (Wildman–Crippen LogP) is 1.20. The van der Waals surface area contributed by atoms with Gasteiger partial charge in [0.05, 0.1) is 11.4 Å². The summed E-state index contributed by atoms with van der Waals surface area (Å²) in [5, 5.41) is 7.59. The molecule has 0 saturated carbocycles. The van der Waals surface area contributed by atoms with Crippen LogP contribution in [0.3, 0.4) is 0 Å². The number of carbonyl (C=O) groups excluding carboxylic acids is 1. The third-order valence-corrected chi connectivity index (χ3v) is 2.80. The number of nitrogens with one attached hydrogen (secondary N) is 1. The first-order valence-electron chi connectivity index (χ1n) is 6.29. The van der Waals surface area contributed by atoms with Crippen LogP contribution in [0, 0.1) is 6.92 Å². The van der Waals surface area contributed by atoms with Gasteiger partial charge >= 0.3 is 0 Å². The fourth-order valence-corrected chi connectivity index (χ4v) is 1.83. The monoisotopic (exact) mass is 274 g/mol. The number of nitrogens with zero attached hydrogens (tertiary/aromatic N) is 2. The molecule has 1 aromatic heterocycles. The highest BCUT2D eigenvalue weighted by atomic mass is 16.5. The number of benzene rings is 1. The van der Waals surface area contributed by atoms with Crippen molar-refractivity contribution in [2.24, 2.45) is 12.8 Å². The van der Waals surface area contributed by atoms with E-state index in [-0.39, 0.29) is 6.61 Å². The summed E-state index contributed by atoms with van der Waals surface area (Å²) in [6, 6.07) is 7.51. The molecule has 0 bridgehead atoms. The molecule has 0 atom stereocenters. The summed E-state index contributed by atoms with van der Waals surface area (Å²) in [6.07, 6.45) is 1.94. The standard InChI is InChI=1S/C14H18N4O2/c1-10-13(8-18(2)17-10)16-7-11-3-5-12(6-4-11)20-9-14(15)19/h3-6,8,16H,7,9H2,1-2H3,(H2,15,19). The number of amides is 1. The van der Waals surface area contributed by atoms with Gasteiger partial charge in [-0.25, -0.2) is 0 Å². The van der Waals surface area contributed by atoms with Crippen LogP contribution in [0.5, 0.6) is 5.75 Å². The van der Waals surface area contributed by atoms with E-state index in [9.17, 15) is 4.79 Å². The van der Waals surface area contributed by atoms with Crippen molar-refractivity contribution >= 4 is 11.6 Å². The molecule has 0 fully saturated rings. The molecule has 0 aliphatic rings. The van der Waals surface area contributed by atoms with Gasteiger partial charge in [-0.05, 0) is 24.6 Å². The number of ether oxygens (including phenoxy) is 1. The van der Waals surface area contributed by atoms with E-state index in [0.29, 0.717) is 12.3 Å². The molecular weight excluding hydrogens is 256 g/mol. The summed E-state index contributed by atoms with van der Waals surface area (Å²) in [5.74, 6) is 0.146. The van der Waals surface area contributed by atoms with Gasteiger partial charge in [0.15, 0.2) is 6.61 Å². The van der Waals surface area contributed by atoms with Gasteiger partial charge < -0.3 is 15.8 Å². The number of rotatable bonds is 6. The molecule has 106 valence electrons. The molecule has 6 heteroatoms. The van der Waals surface area contributed by atoms with Crippen molar-refractivity contribution in [3.05, 3.63) is 41.7 Å². The van der Waals surface area contributed by atoms with Crippen LogP contribution >= 0.6 is 0 Å². The normalized spacial score (nSPS) is 10.3. The fraction of sp³-hybridized carbons (Fsp3) is 0.286. The van der Waals surface area contributed by atoms with Gasteiger partial charge in [-0.2, -0.15) is 5.10 Å². The minimum absolute atomic E-state index is 0.105. The minimum atomic E-state index is -0.484. The van der Waals surface area contributed by atoms with Crippen LogP contribution in [-0.2, 0) is 18.4 Å². The first kappa shape index (κ1) is 13.9. The van der Waals surface area contributed by atoms with Crippen molar-refractivity contribution in [2.75, 3.05) is 11.9 Å². The number of hydrogen-bond donors (Lipinski definition) is 2. The maximum absolute atomic E-state index is 10.6. The Balaban J connectivity index is 1.90. The Morgan fingerprint density at radius 1 is 1.40 bits per heavy atom. The van der Waals surface area contributed by atoms with Crippen molar-refractivity contribution in [3.8, 4) is 5.75 Å². The minimum Gasteiger partial charge on any atom is -0.484 e. The largest absolute Gasteiger partial charge is 0.484 e. The third kappa shape index (κ3) is 3.74. The molecule has 2 aromatic rings. The van der Waals surface area contributed by atoms with E-state index in [1.54, 1.807) is 4.68 Å². The molecule has 0 spiro atoms. The lowest BCUT2D eigenvalue weighted by atomic mass is 10.2. The van der Waals surface area contributed by atoms with Gasteiger partial charge in [0, 0.05) is 19.8 Å². The fourth-order valence-electron chi connectivity index (χ4n) is 1.83. The maximum Gasteiger partial charge on any atom is 0.255 e. The van der Waals surface area contributed by atoms with E-state index in [0.717, 1.165) is 16.9 Å². The van der Waals surface area contributed by atoms with E-state index < -0.39 is 5.91 Å². The SMILES string of the molecule is Cc1nn(C)cc1NCc1ccc(OCC(N)=O)cc1. The molecule has 3 N–H and O–H groups in total. The molecule has 1 heterocycles. The van der Waals surface area contributed by atoms with Gasteiger partial charge in [-0.3, -0.25) is 9.48 Å². The first-order chi connectivity index (χ1) is 9.54. The highest BCUT2D eigenvalue weighted by Crippen LogP contribution is 2.15. The number of primary amides is 1. The van der Waals surface area contributed by atoms with Crippen LogP contribution in [0.25, 0.3) is 0 Å². The molecule has 1 amide bonds. The van der Waals surface area contributed by atoms with Crippen molar-refractivity contribution in [1.82, 2.24) is 9.78 Å². The maximum atomic E-state index is 10.6. The number of carbonyl (C=O) groups is 1. The molecular formula is C14H18N4O2. The van der Waals surface area contributed by atoms with Crippen molar-refractivity contribution in [3.63, 3.8) is 0 Å². The molecule has 0 radical (unpaired) electrons. The molecule has 0 unspecified atom stereocenters. The van der Waals surface area contributed by atoms with E-state index >= 15 is 0 Å². The zero-order valence-electron chi connectivity index (χ0n) is 11.6. The van der Waals surface area contributed by atoms with Crippen molar-refractivity contribution < 1.29 is 9.53 Å². The Hall–Kier alpha value is -2.50. The average molecular weight is 274 g/mol. The van der Waals surface area contributed by atoms with Crippen LogP contribution in [0.1, 0.15) is 11.3 Å². The Morgan fingerprint density at radius 3 is 2.65 bits per heavy atom. The summed E-state index contributed by atoms with van der Waals surface area (Å²) in [7, 11) is 1.89. The van der Waals surface area contributed by atoms with Gasteiger partial charge in [0.25, 0.3) is 5.91 Å². The second-order valence-corrected chi connectivity index (χ2v) is 4.55. The Kier molecular flexibility index (Phi) is 4.24. The number of nitrogens with two attached hydrogens (primary N) is 1. The summed E-state index contributed by atoms with van der Waals surface area (Å²) in [6.45, 7) is 2.55. The van der Waals surface area contributed by atoms with Crippen molar-refractivity contribution in [2.45, 2.75) is 13.5 Å². The molecule has 20 heavy (non-hydrogen) atoms. The number of aromatic nitrogens is 2. The van der Waals surface area contributed by atoms with Gasteiger partial charge in [0.2, 0.25) is 0 Å². The molecule has 0 aliphatic carbocycles. The Labute approximate surface area is 117 Å². The zero-order valence-corrected chi connectivity index (χ0v) is 11.6. The van der Waals surface area contributed by atoms with Crippen LogP contribution in [0.2, 0.25) is 0 Å². The predicted molar refractivity (Wildman–Crippen MR) is 76.4 cm³/mol. The lowest BCUT2D eigenvalue weighted by Crippen LogP contribution is -2.19. The zero-order chi connectivity index (χ0) is 14.5.